The Bertz CT molecular complexity index is 878. The smallest absolute Gasteiger partial charge is 0.271 e. The molecule has 2 amide bonds. The van der Waals surface area contributed by atoms with E-state index in [9.17, 15) is 9.59 Å². The lowest BCUT2D eigenvalue weighted by Crippen LogP contribution is -2.64. The monoisotopic (exact) mass is 350 g/mol. The molecule has 1 saturated heterocycles. The molecule has 0 spiro atoms. The predicted molar refractivity (Wildman–Crippen MR) is 101 cm³/mol. The molecule has 0 radical (unpaired) electrons. The zero-order chi connectivity index (χ0) is 18.9. The molecule has 6 heteroatoms. The first-order valence-electron chi connectivity index (χ1n) is 8.37. The van der Waals surface area contributed by atoms with E-state index >= 15 is 0 Å². The standard InChI is InChI=1S/C20H22N4O2/c1-20(13-14-8-5-4-6-9-14)19(26)23(2)16(18(25)24(20)3)12-15-10-7-11-22-17(15)21/h4-12H,13H2,1-3H3,(H2,21,22)/b16-12+. The molecule has 2 aromatic rings. The van der Waals surface area contributed by atoms with Crippen molar-refractivity contribution < 1.29 is 9.59 Å². The van der Waals surface area contributed by atoms with E-state index in [2.05, 4.69) is 4.98 Å². The molecule has 3 rings (SSSR count). The van der Waals surface area contributed by atoms with Gasteiger partial charge in [0.25, 0.3) is 11.8 Å². The Balaban J connectivity index is 1.98. The number of amides is 2. The van der Waals surface area contributed by atoms with Crippen LogP contribution in [0, 0.1) is 0 Å². The molecule has 1 aliphatic heterocycles. The van der Waals surface area contributed by atoms with Gasteiger partial charge in [-0.25, -0.2) is 4.98 Å². The van der Waals surface area contributed by atoms with E-state index in [1.807, 2.05) is 30.3 Å². The molecule has 1 atom stereocenters. The first-order chi connectivity index (χ1) is 12.3. The van der Waals surface area contributed by atoms with E-state index in [1.54, 1.807) is 45.4 Å². The summed E-state index contributed by atoms with van der Waals surface area (Å²) >= 11 is 0. The Morgan fingerprint density at radius 2 is 1.81 bits per heavy atom. The molecule has 1 unspecified atom stereocenters. The van der Waals surface area contributed by atoms with Gasteiger partial charge in [0.15, 0.2) is 0 Å². The number of hydrogen-bond donors (Lipinski definition) is 1. The molecule has 1 aromatic heterocycles. The van der Waals surface area contributed by atoms with Gasteiger partial charge < -0.3 is 15.5 Å². The van der Waals surface area contributed by atoms with Gasteiger partial charge >= 0.3 is 0 Å². The number of hydrogen-bond acceptors (Lipinski definition) is 4. The van der Waals surface area contributed by atoms with Gasteiger partial charge in [0.2, 0.25) is 0 Å². The topological polar surface area (TPSA) is 79.5 Å². The number of carbonyl (C=O) groups excluding carboxylic acids is 2. The minimum Gasteiger partial charge on any atom is -0.383 e. The number of benzene rings is 1. The number of rotatable bonds is 3. The van der Waals surface area contributed by atoms with Crippen LogP contribution in [0.1, 0.15) is 18.1 Å². The molecule has 0 saturated carbocycles. The number of carbonyl (C=O) groups is 2. The molecule has 0 aliphatic carbocycles. The van der Waals surface area contributed by atoms with Crippen LogP contribution in [-0.2, 0) is 16.0 Å². The normalized spacial score (nSPS) is 22.2. The van der Waals surface area contributed by atoms with E-state index in [0.717, 1.165) is 5.56 Å². The van der Waals surface area contributed by atoms with Gasteiger partial charge in [-0.05, 0) is 30.7 Å². The molecule has 2 N–H and O–H groups in total. The summed E-state index contributed by atoms with van der Waals surface area (Å²) in [6.45, 7) is 1.80. The van der Waals surface area contributed by atoms with Gasteiger partial charge in [-0.1, -0.05) is 30.3 Å². The minimum absolute atomic E-state index is 0.142. The van der Waals surface area contributed by atoms with Crippen LogP contribution in [0.25, 0.3) is 6.08 Å². The van der Waals surface area contributed by atoms with Crippen LogP contribution in [0.2, 0.25) is 0 Å². The van der Waals surface area contributed by atoms with Crippen LogP contribution in [0.15, 0.2) is 54.4 Å². The van der Waals surface area contributed by atoms with Crippen LogP contribution in [0.3, 0.4) is 0 Å². The maximum atomic E-state index is 13.1. The molecule has 1 aromatic carbocycles. The summed E-state index contributed by atoms with van der Waals surface area (Å²) in [5, 5.41) is 0. The lowest BCUT2D eigenvalue weighted by atomic mass is 9.87. The van der Waals surface area contributed by atoms with E-state index in [0.29, 0.717) is 17.8 Å². The summed E-state index contributed by atoms with van der Waals surface area (Å²) in [5.41, 5.74) is 6.80. The maximum Gasteiger partial charge on any atom is 0.271 e. The third-order valence-electron chi connectivity index (χ3n) is 4.95. The summed E-state index contributed by atoms with van der Waals surface area (Å²) in [6, 6.07) is 13.2. The molecule has 1 fully saturated rings. The molecular formula is C20H22N4O2. The Labute approximate surface area is 152 Å². The Morgan fingerprint density at radius 1 is 1.12 bits per heavy atom. The molecule has 0 bridgehead atoms. The highest BCUT2D eigenvalue weighted by atomic mass is 16.2. The third-order valence-corrected chi connectivity index (χ3v) is 4.95. The Hall–Kier alpha value is -3.15. The second-order valence-electron chi connectivity index (χ2n) is 6.67. The minimum atomic E-state index is -0.953. The molecule has 1 aliphatic rings. The number of piperazine rings is 1. The lowest BCUT2D eigenvalue weighted by molar-refractivity contribution is -0.155. The Kier molecular flexibility index (Phi) is 4.50. The van der Waals surface area contributed by atoms with Gasteiger partial charge in [0.1, 0.15) is 17.1 Å². The van der Waals surface area contributed by atoms with Gasteiger partial charge in [-0.2, -0.15) is 0 Å². The fraction of sp³-hybridized carbons (Fsp3) is 0.250. The van der Waals surface area contributed by atoms with E-state index < -0.39 is 5.54 Å². The zero-order valence-electron chi connectivity index (χ0n) is 15.1. The molecule has 2 heterocycles. The average Bonchev–Trinajstić information content (AvgIpc) is 2.65. The number of nitrogens with two attached hydrogens (primary N) is 1. The average molecular weight is 350 g/mol. The highest BCUT2D eigenvalue weighted by Gasteiger charge is 2.48. The summed E-state index contributed by atoms with van der Waals surface area (Å²) in [6.07, 6.45) is 3.64. The van der Waals surface area contributed by atoms with E-state index in [4.69, 9.17) is 5.73 Å². The second-order valence-corrected chi connectivity index (χ2v) is 6.67. The highest BCUT2D eigenvalue weighted by Crippen LogP contribution is 2.31. The van der Waals surface area contributed by atoms with Crippen molar-refractivity contribution in [2.45, 2.75) is 18.9 Å². The fourth-order valence-electron chi connectivity index (χ4n) is 3.20. The first kappa shape index (κ1) is 17.7. The fourth-order valence-corrected chi connectivity index (χ4v) is 3.20. The SMILES string of the molecule is CN1C(=O)C(C)(Cc2ccccc2)N(C)C(=O)/C1=C\c1cccnc1N. The maximum absolute atomic E-state index is 13.1. The molecular weight excluding hydrogens is 328 g/mol. The largest absolute Gasteiger partial charge is 0.383 e. The number of nitrogens with zero attached hydrogens (tertiary/aromatic N) is 3. The summed E-state index contributed by atoms with van der Waals surface area (Å²) in [5.74, 6) is -0.0557. The van der Waals surface area contributed by atoms with Gasteiger partial charge in [-0.3, -0.25) is 9.59 Å². The van der Waals surface area contributed by atoms with Crippen molar-refractivity contribution in [2.75, 3.05) is 19.8 Å². The van der Waals surface area contributed by atoms with Crippen LogP contribution in [0.4, 0.5) is 5.82 Å². The van der Waals surface area contributed by atoms with Crippen molar-refractivity contribution in [1.82, 2.24) is 14.8 Å². The second kappa shape index (κ2) is 6.63. The number of likely N-dealkylation sites (N-methyl/N-ethyl adjacent to an activating group) is 2. The van der Waals surface area contributed by atoms with Crippen molar-refractivity contribution >= 4 is 23.7 Å². The van der Waals surface area contributed by atoms with E-state index in [1.165, 1.54) is 9.80 Å². The highest BCUT2D eigenvalue weighted by molar-refractivity contribution is 6.09. The molecule has 6 nitrogen and oxygen atoms in total. The molecule has 26 heavy (non-hydrogen) atoms. The number of aromatic nitrogens is 1. The Morgan fingerprint density at radius 3 is 2.46 bits per heavy atom. The van der Waals surface area contributed by atoms with Crippen LogP contribution < -0.4 is 5.73 Å². The van der Waals surface area contributed by atoms with Gasteiger partial charge in [0, 0.05) is 32.3 Å². The van der Waals surface area contributed by atoms with Gasteiger partial charge in [0.05, 0.1) is 0 Å². The van der Waals surface area contributed by atoms with Crippen LogP contribution in [-0.4, -0.2) is 46.2 Å². The first-order valence-corrected chi connectivity index (χ1v) is 8.37. The van der Waals surface area contributed by atoms with Crippen molar-refractivity contribution in [3.63, 3.8) is 0 Å². The van der Waals surface area contributed by atoms with Crippen molar-refractivity contribution in [2.24, 2.45) is 0 Å². The predicted octanol–water partition coefficient (Wildman–Crippen LogP) is 1.94. The number of anilines is 1. The molecule has 134 valence electrons. The summed E-state index contributed by atoms with van der Waals surface area (Å²) in [7, 11) is 3.28. The van der Waals surface area contributed by atoms with Gasteiger partial charge in [-0.15, -0.1) is 0 Å². The lowest BCUT2D eigenvalue weighted by Gasteiger charge is -2.45. The van der Waals surface area contributed by atoms with Crippen molar-refractivity contribution in [3.8, 4) is 0 Å². The number of pyridine rings is 1. The third kappa shape index (κ3) is 2.94. The quantitative estimate of drug-likeness (QED) is 0.858. The van der Waals surface area contributed by atoms with E-state index in [-0.39, 0.29) is 17.5 Å². The summed E-state index contributed by atoms with van der Waals surface area (Å²) in [4.78, 5) is 33.1. The zero-order valence-corrected chi connectivity index (χ0v) is 15.1. The van der Waals surface area contributed by atoms with Crippen LogP contribution >= 0.6 is 0 Å². The van der Waals surface area contributed by atoms with Crippen LogP contribution in [0.5, 0.6) is 0 Å². The van der Waals surface area contributed by atoms with Crippen molar-refractivity contribution in [1.29, 1.82) is 0 Å². The number of nitrogen functional groups attached to an aromatic ring is 1. The summed E-state index contributed by atoms with van der Waals surface area (Å²) < 4.78 is 0. The van der Waals surface area contributed by atoms with Crippen molar-refractivity contribution in [3.05, 3.63) is 65.5 Å².